The summed E-state index contributed by atoms with van der Waals surface area (Å²) in [5.74, 6) is 0.201. The average molecular weight is 210 g/mol. The van der Waals surface area contributed by atoms with Gasteiger partial charge in [-0.3, -0.25) is 0 Å². The molecule has 1 aromatic rings. The van der Waals surface area contributed by atoms with Crippen LogP contribution in [-0.2, 0) is 11.3 Å². The molecule has 3 nitrogen and oxygen atoms in total. The summed E-state index contributed by atoms with van der Waals surface area (Å²) in [4.78, 5) is 0. The van der Waals surface area contributed by atoms with E-state index in [2.05, 4.69) is 11.9 Å². The second kappa shape index (κ2) is 6.03. The Kier molecular flexibility index (Phi) is 4.63. The largest absolute Gasteiger partial charge is 0.478 e. The van der Waals surface area contributed by atoms with Gasteiger partial charge in [-0.15, -0.1) is 0 Å². The Morgan fingerprint density at radius 3 is 3.00 bits per heavy atom. The minimum absolute atomic E-state index is 0.247. The van der Waals surface area contributed by atoms with Gasteiger partial charge in [-0.25, -0.2) is 4.39 Å². The van der Waals surface area contributed by atoms with E-state index in [1.165, 1.54) is 12.1 Å². The molecule has 4 heteroatoms. The number of hydrogen-bond donors (Lipinski definition) is 2. The molecule has 0 fully saturated rings. The highest BCUT2D eigenvalue weighted by atomic mass is 19.1. The van der Waals surface area contributed by atoms with E-state index in [9.17, 15) is 4.39 Å². The third kappa shape index (κ3) is 4.46. The summed E-state index contributed by atoms with van der Waals surface area (Å²) in [6.07, 6.45) is 0. The maximum absolute atomic E-state index is 12.8. The number of nitrogens with two attached hydrogens (primary N) is 1. The van der Waals surface area contributed by atoms with Gasteiger partial charge in [0.05, 0.1) is 0 Å². The molecule has 0 aliphatic rings. The number of rotatable bonds is 6. The van der Waals surface area contributed by atoms with Gasteiger partial charge >= 0.3 is 0 Å². The van der Waals surface area contributed by atoms with Crippen LogP contribution in [0.5, 0.6) is 0 Å². The number of ether oxygens (including phenoxy) is 1. The molecule has 0 saturated carbocycles. The molecule has 0 amide bonds. The molecule has 0 bridgehead atoms. The highest BCUT2D eigenvalue weighted by molar-refractivity contribution is 5.16. The molecule has 15 heavy (non-hydrogen) atoms. The monoisotopic (exact) mass is 210 g/mol. The fraction of sp³-hybridized carbons (Fsp3) is 0.273. The van der Waals surface area contributed by atoms with Crippen molar-refractivity contribution in [1.82, 2.24) is 5.32 Å². The molecule has 1 aromatic carbocycles. The third-order valence-corrected chi connectivity index (χ3v) is 1.77. The van der Waals surface area contributed by atoms with Crippen LogP contribution in [0.3, 0.4) is 0 Å². The Morgan fingerprint density at radius 1 is 1.53 bits per heavy atom. The standard InChI is InChI=1S/C11H15FN2O/c1-9(15-6-5-13)14-8-10-3-2-4-11(12)7-10/h2-4,7,14H,1,5-6,8,13H2. The second-order valence-electron chi connectivity index (χ2n) is 3.04. The number of nitrogens with one attached hydrogen (secondary N) is 1. The normalized spacial score (nSPS) is 9.73. The van der Waals surface area contributed by atoms with Crippen LogP contribution >= 0.6 is 0 Å². The lowest BCUT2D eigenvalue weighted by atomic mass is 10.2. The Hall–Kier alpha value is -1.55. The van der Waals surface area contributed by atoms with E-state index in [4.69, 9.17) is 10.5 Å². The van der Waals surface area contributed by atoms with Crippen LogP contribution in [0.25, 0.3) is 0 Å². The van der Waals surface area contributed by atoms with E-state index < -0.39 is 0 Å². The van der Waals surface area contributed by atoms with Crippen LogP contribution in [-0.4, -0.2) is 13.2 Å². The molecule has 0 aliphatic carbocycles. The van der Waals surface area contributed by atoms with E-state index in [-0.39, 0.29) is 5.82 Å². The first kappa shape index (κ1) is 11.5. The van der Waals surface area contributed by atoms with Crippen molar-refractivity contribution in [3.05, 3.63) is 48.1 Å². The van der Waals surface area contributed by atoms with Gasteiger partial charge in [-0.1, -0.05) is 12.1 Å². The van der Waals surface area contributed by atoms with E-state index in [0.29, 0.717) is 25.6 Å². The molecule has 0 atom stereocenters. The van der Waals surface area contributed by atoms with Gasteiger partial charge < -0.3 is 15.8 Å². The minimum atomic E-state index is -0.247. The molecule has 0 unspecified atom stereocenters. The van der Waals surface area contributed by atoms with E-state index in [1.54, 1.807) is 6.07 Å². The van der Waals surface area contributed by atoms with Crippen LogP contribution in [0.2, 0.25) is 0 Å². The van der Waals surface area contributed by atoms with Gasteiger partial charge in [-0.2, -0.15) is 0 Å². The molecule has 0 saturated heterocycles. The maximum atomic E-state index is 12.8. The van der Waals surface area contributed by atoms with Crippen molar-refractivity contribution < 1.29 is 9.13 Å². The molecule has 3 N–H and O–H groups in total. The number of hydrogen-bond acceptors (Lipinski definition) is 3. The zero-order valence-corrected chi connectivity index (χ0v) is 8.50. The van der Waals surface area contributed by atoms with Crippen LogP contribution in [0.1, 0.15) is 5.56 Å². The molecule has 1 rings (SSSR count). The van der Waals surface area contributed by atoms with Gasteiger partial charge in [0.1, 0.15) is 12.4 Å². The molecular formula is C11H15FN2O. The van der Waals surface area contributed by atoms with Crippen molar-refractivity contribution in [1.29, 1.82) is 0 Å². The zero-order chi connectivity index (χ0) is 11.1. The fourth-order valence-electron chi connectivity index (χ4n) is 1.08. The van der Waals surface area contributed by atoms with Gasteiger partial charge in [0.25, 0.3) is 0 Å². The van der Waals surface area contributed by atoms with Gasteiger partial charge in [0.2, 0.25) is 0 Å². The van der Waals surface area contributed by atoms with Crippen LogP contribution in [0.4, 0.5) is 4.39 Å². The highest BCUT2D eigenvalue weighted by Crippen LogP contribution is 2.03. The third-order valence-electron chi connectivity index (χ3n) is 1.77. The summed E-state index contributed by atoms with van der Waals surface area (Å²) in [6.45, 7) is 5.01. The topological polar surface area (TPSA) is 47.3 Å². The minimum Gasteiger partial charge on any atom is -0.478 e. The smallest absolute Gasteiger partial charge is 0.179 e. The van der Waals surface area contributed by atoms with Gasteiger partial charge in [0.15, 0.2) is 5.88 Å². The summed E-state index contributed by atoms with van der Waals surface area (Å²) in [7, 11) is 0. The molecular weight excluding hydrogens is 195 g/mol. The SMILES string of the molecule is C=C(NCc1cccc(F)c1)OCCN. The maximum Gasteiger partial charge on any atom is 0.179 e. The lowest BCUT2D eigenvalue weighted by molar-refractivity contribution is 0.199. The van der Waals surface area contributed by atoms with Crippen LogP contribution < -0.4 is 11.1 Å². The molecule has 0 aromatic heterocycles. The summed E-state index contributed by atoms with van der Waals surface area (Å²) >= 11 is 0. The molecule has 82 valence electrons. The van der Waals surface area contributed by atoms with E-state index >= 15 is 0 Å². The Labute approximate surface area is 88.7 Å². The van der Waals surface area contributed by atoms with Crippen molar-refractivity contribution >= 4 is 0 Å². The second-order valence-corrected chi connectivity index (χ2v) is 3.04. The first-order valence-corrected chi connectivity index (χ1v) is 4.72. The number of halogens is 1. The summed E-state index contributed by atoms with van der Waals surface area (Å²) < 4.78 is 17.9. The zero-order valence-electron chi connectivity index (χ0n) is 8.50. The lowest BCUT2D eigenvalue weighted by Crippen LogP contribution is -2.17. The summed E-state index contributed by atoms with van der Waals surface area (Å²) in [5, 5.41) is 2.92. The van der Waals surface area contributed by atoms with Crippen molar-refractivity contribution in [2.75, 3.05) is 13.2 Å². The van der Waals surface area contributed by atoms with Crippen molar-refractivity contribution in [3.8, 4) is 0 Å². The highest BCUT2D eigenvalue weighted by Gasteiger charge is 1.96. The first-order chi connectivity index (χ1) is 7.22. The molecule has 0 aliphatic heterocycles. The van der Waals surface area contributed by atoms with Crippen LogP contribution in [0, 0.1) is 5.82 Å². The first-order valence-electron chi connectivity index (χ1n) is 4.72. The van der Waals surface area contributed by atoms with Crippen molar-refractivity contribution in [2.24, 2.45) is 5.73 Å². The predicted molar refractivity (Wildman–Crippen MR) is 57.4 cm³/mol. The van der Waals surface area contributed by atoms with Gasteiger partial charge in [0, 0.05) is 13.1 Å². The van der Waals surface area contributed by atoms with Gasteiger partial charge in [-0.05, 0) is 24.3 Å². The summed E-state index contributed by atoms with van der Waals surface area (Å²) in [5.41, 5.74) is 6.10. The Morgan fingerprint density at radius 2 is 2.33 bits per heavy atom. The Bertz CT molecular complexity index is 328. The van der Waals surface area contributed by atoms with Crippen molar-refractivity contribution in [3.63, 3.8) is 0 Å². The average Bonchev–Trinajstić information content (AvgIpc) is 2.23. The summed E-state index contributed by atoms with van der Waals surface area (Å²) in [6, 6.07) is 6.36. The van der Waals surface area contributed by atoms with E-state index in [0.717, 1.165) is 5.56 Å². The Balaban J connectivity index is 2.33. The lowest BCUT2D eigenvalue weighted by Gasteiger charge is -2.10. The quantitative estimate of drug-likeness (QED) is 0.697. The predicted octanol–water partition coefficient (Wildman–Crippen LogP) is 1.36. The van der Waals surface area contributed by atoms with E-state index in [1.807, 2.05) is 6.07 Å². The fourth-order valence-corrected chi connectivity index (χ4v) is 1.08. The van der Waals surface area contributed by atoms with Crippen molar-refractivity contribution in [2.45, 2.75) is 6.54 Å². The van der Waals surface area contributed by atoms with Crippen LogP contribution in [0.15, 0.2) is 36.7 Å². The number of benzene rings is 1. The molecule has 0 spiro atoms. The molecule has 0 radical (unpaired) electrons. The molecule has 0 heterocycles.